The Kier molecular flexibility index (Phi) is 7.76. The highest BCUT2D eigenvalue weighted by Gasteiger charge is 2.31. The molecule has 0 aliphatic carbocycles. The molecule has 1 fully saturated rings. The van der Waals surface area contributed by atoms with Gasteiger partial charge in [-0.15, -0.1) is 0 Å². The molecule has 0 radical (unpaired) electrons. The highest BCUT2D eigenvalue weighted by molar-refractivity contribution is 6.04. The summed E-state index contributed by atoms with van der Waals surface area (Å²) in [5.74, 6) is -0.111. The van der Waals surface area contributed by atoms with Crippen LogP contribution < -0.4 is 21.4 Å². The van der Waals surface area contributed by atoms with Gasteiger partial charge in [0.15, 0.2) is 5.82 Å². The molecule has 0 spiro atoms. The third kappa shape index (κ3) is 6.44. The topological polar surface area (TPSA) is 129 Å². The molecule has 1 aliphatic rings. The summed E-state index contributed by atoms with van der Waals surface area (Å²) in [6.07, 6.45) is -4.56. The molecule has 1 atom stereocenters. The fraction of sp³-hybridized carbons (Fsp3) is 0.292. The second kappa shape index (κ2) is 11.0. The van der Waals surface area contributed by atoms with E-state index >= 15 is 0 Å². The number of ether oxygens (including phenoxy) is 1. The number of amides is 1. The first-order valence-electron chi connectivity index (χ1n) is 11.3. The third-order valence-corrected chi connectivity index (χ3v) is 5.66. The minimum Gasteiger partial charge on any atom is -0.384 e. The molecule has 1 aliphatic heterocycles. The molecular weight excluding hydrogens is 491 g/mol. The van der Waals surface area contributed by atoms with Crippen molar-refractivity contribution < 1.29 is 27.8 Å². The van der Waals surface area contributed by atoms with Crippen molar-refractivity contribution >= 4 is 28.9 Å². The molecule has 2 heterocycles. The number of aryl methyl sites for hydroxylation is 1. The molecular formula is C24H26F3N7O3. The zero-order valence-electron chi connectivity index (χ0n) is 19.9. The van der Waals surface area contributed by atoms with Gasteiger partial charge in [0.2, 0.25) is 6.35 Å². The molecule has 5 N–H and O–H groups in total. The number of aromatic nitrogens is 2. The quantitative estimate of drug-likeness (QED) is 0.350. The summed E-state index contributed by atoms with van der Waals surface area (Å²) < 4.78 is 44.5. The molecule has 196 valence electrons. The number of nitrogens with one attached hydrogen (secondary N) is 2. The number of hydrogen-bond acceptors (Lipinski definition) is 9. The van der Waals surface area contributed by atoms with Crippen molar-refractivity contribution in [3.63, 3.8) is 0 Å². The fourth-order valence-electron chi connectivity index (χ4n) is 3.78. The van der Waals surface area contributed by atoms with E-state index in [1.807, 2.05) is 5.01 Å². The van der Waals surface area contributed by atoms with Gasteiger partial charge in [0, 0.05) is 36.1 Å². The number of anilines is 4. The van der Waals surface area contributed by atoms with E-state index in [9.17, 15) is 23.1 Å². The minimum absolute atomic E-state index is 0.134. The van der Waals surface area contributed by atoms with Crippen LogP contribution in [0.5, 0.6) is 0 Å². The van der Waals surface area contributed by atoms with Crippen LogP contribution in [0.25, 0.3) is 0 Å². The van der Waals surface area contributed by atoms with Gasteiger partial charge in [0.1, 0.15) is 12.1 Å². The van der Waals surface area contributed by atoms with Crippen molar-refractivity contribution in [1.29, 1.82) is 0 Å². The number of halogens is 3. The number of carbonyl (C=O) groups is 1. The molecule has 10 nitrogen and oxygen atoms in total. The van der Waals surface area contributed by atoms with Crippen molar-refractivity contribution in [2.45, 2.75) is 19.5 Å². The monoisotopic (exact) mass is 517 g/mol. The summed E-state index contributed by atoms with van der Waals surface area (Å²) in [5, 5.41) is 20.2. The zero-order valence-corrected chi connectivity index (χ0v) is 19.9. The number of morpholine rings is 1. The van der Waals surface area contributed by atoms with Gasteiger partial charge >= 0.3 is 6.18 Å². The molecule has 37 heavy (non-hydrogen) atoms. The summed E-state index contributed by atoms with van der Waals surface area (Å²) in [5.41, 5.74) is 6.33. The number of carbonyl (C=O) groups excluding carboxylic acids is 1. The average molecular weight is 518 g/mol. The molecule has 1 saturated heterocycles. The normalized spacial score (nSPS) is 15.2. The first kappa shape index (κ1) is 26.1. The first-order valence-corrected chi connectivity index (χ1v) is 11.3. The SMILES string of the molecule is Cc1ccc(NC(=O)c2cccc(C(F)(F)F)c2)cc1NC(O)N(c1cc(N)ncn1)N1CCOCC1. The van der Waals surface area contributed by atoms with Gasteiger partial charge in [-0.05, 0) is 42.8 Å². The minimum atomic E-state index is -4.56. The molecule has 1 unspecified atom stereocenters. The smallest absolute Gasteiger partial charge is 0.384 e. The number of rotatable bonds is 7. The Morgan fingerprint density at radius 3 is 2.62 bits per heavy atom. The summed E-state index contributed by atoms with van der Waals surface area (Å²) >= 11 is 0. The molecule has 2 aromatic carbocycles. The van der Waals surface area contributed by atoms with Crippen LogP contribution >= 0.6 is 0 Å². The molecule has 0 saturated carbocycles. The largest absolute Gasteiger partial charge is 0.416 e. The number of aliphatic hydroxyl groups excluding tert-OH is 1. The Morgan fingerprint density at radius 1 is 1.16 bits per heavy atom. The van der Waals surface area contributed by atoms with E-state index in [0.717, 1.165) is 17.7 Å². The van der Waals surface area contributed by atoms with Gasteiger partial charge in [0.05, 0.1) is 18.8 Å². The van der Waals surface area contributed by atoms with Crippen molar-refractivity contribution in [1.82, 2.24) is 15.0 Å². The van der Waals surface area contributed by atoms with Crippen LogP contribution in [-0.4, -0.2) is 58.6 Å². The maximum absolute atomic E-state index is 13.0. The van der Waals surface area contributed by atoms with Crippen LogP contribution in [0.15, 0.2) is 54.9 Å². The van der Waals surface area contributed by atoms with E-state index in [1.54, 1.807) is 25.1 Å². The van der Waals surface area contributed by atoms with E-state index in [2.05, 4.69) is 20.6 Å². The van der Waals surface area contributed by atoms with Gasteiger partial charge in [-0.25, -0.2) is 20.0 Å². The van der Waals surface area contributed by atoms with Crippen LogP contribution in [0.3, 0.4) is 0 Å². The predicted octanol–water partition coefficient (Wildman–Crippen LogP) is 3.08. The molecule has 13 heteroatoms. The highest BCUT2D eigenvalue weighted by atomic mass is 19.4. The second-order valence-corrected chi connectivity index (χ2v) is 8.29. The van der Waals surface area contributed by atoms with Gasteiger partial charge in [0.25, 0.3) is 5.91 Å². The van der Waals surface area contributed by atoms with E-state index in [1.165, 1.54) is 29.5 Å². The lowest BCUT2D eigenvalue weighted by Crippen LogP contribution is -2.56. The van der Waals surface area contributed by atoms with Crippen LogP contribution in [0.1, 0.15) is 21.5 Å². The highest BCUT2D eigenvalue weighted by Crippen LogP contribution is 2.30. The molecule has 0 bridgehead atoms. The second-order valence-electron chi connectivity index (χ2n) is 8.29. The lowest BCUT2D eigenvalue weighted by Gasteiger charge is -2.40. The standard InChI is InChI=1S/C24H26F3N7O3/c1-15-5-6-18(31-22(35)16-3-2-4-17(11-16)24(25,26)27)12-19(15)32-23(36)34(33-7-9-37-10-8-33)21-13-20(28)29-14-30-21/h2-6,11-14,23,32,36H,7-10H2,1H3,(H,31,35)(H2,28,29,30). The van der Waals surface area contributed by atoms with E-state index in [-0.39, 0.29) is 11.4 Å². The Balaban J connectivity index is 1.54. The number of alkyl halides is 3. The van der Waals surface area contributed by atoms with Crippen LogP contribution in [0, 0.1) is 6.92 Å². The van der Waals surface area contributed by atoms with Gasteiger partial charge in [-0.2, -0.15) is 13.2 Å². The fourth-order valence-corrected chi connectivity index (χ4v) is 3.78. The Morgan fingerprint density at radius 2 is 1.92 bits per heavy atom. The third-order valence-electron chi connectivity index (χ3n) is 5.66. The first-order chi connectivity index (χ1) is 17.6. The van der Waals surface area contributed by atoms with Crippen molar-refractivity contribution in [2.75, 3.05) is 47.7 Å². The lowest BCUT2D eigenvalue weighted by molar-refractivity contribution is -0.137. The summed E-state index contributed by atoms with van der Waals surface area (Å²) in [7, 11) is 0. The Labute approximate surface area is 210 Å². The number of nitrogen functional groups attached to an aromatic ring is 1. The van der Waals surface area contributed by atoms with Gasteiger partial charge < -0.3 is 26.2 Å². The van der Waals surface area contributed by atoms with E-state index in [4.69, 9.17) is 10.5 Å². The summed E-state index contributed by atoms with van der Waals surface area (Å²) in [4.78, 5) is 20.8. The van der Waals surface area contributed by atoms with Crippen LogP contribution in [-0.2, 0) is 10.9 Å². The predicted molar refractivity (Wildman–Crippen MR) is 132 cm³/mol. The Bertz CT molecular complexity index is 1250. The number of benzene rings is 2. The summed E-state index contributed by atoms with van der Waals surface area (Å²) in [6.45, 7) is 3.71. The van der Waals surface area contributed by atoms with Gasteiger partial charge in [-0.1, -0.05) is 12.1 Å². The van der Waals surface area contributed by atoms with Crippen LogP contribution in [0.4, 0.5) is 36.2 Å². The molecule has 3 aromatic rings. The molecule has 4 rings (SSSR count). The Hall–Kier alpha value is -3.94. The van der Waals surface area contributed by atoms with E-state index in [0.29, 0.717) is 43.5 Å². The maximum Gasteiger partial charge on any atom is 0.416 e. The average Bonchev–Trinajstić information content (AvgIpc) is 2.86. The number of hydrogen-bond donors (Lipinski definition) is 4. The summed E-state index contributed by atoms with van der Waals surface area (Å²) in [6, 6.07) is 10.6. The molecule has 1 amide bonds. The number of nitrogens with two attached hydrogens (primary N) is 1. The van der Waals surface area contributed by atoms with Gasteiger partial charge in [-0.3, -0.25) is 4.79 Å². The lowest BCUT2D eigenvalue weighted by atomic mass is 10.1. The number of hydrazine groups is 1. The zero-order chi connectivity index (χ0) is 26.6. The number of nitrogens with zero attached hydrogens (tertiary/aromatic N) is 4. The van der Waals surface area contributed by atoms with E-state index < -0.39 is 24.0 Å². The van der Waals surface area contributed by atoms with Crippen molar-refractivity contribution in [2.24, 2.45) is 0 Å². The van der Waals surface area contributed by atoms with Crippen molar-refractivity contribution in [3.8, 4) is 0 Å². The maximum atomic E-state index is 13.0. The van der Waals surface area contributed by atoms with Crippen LogP contribution in [0.2, 0.25) is 0 Å². The number of aliphatic hydroxyl groups is 1. The molecule has 1 aromatic heterocycles. The van der Waals surface area contributed by atoms with Crippen molar-refractivity contribution in [3.05, 3.63) is 71.5 Å².